The van der Waals surface area contributed by atoms with Crippen LogP contribution in [0.3, 0.4) is 0 Å². The van der Waals surface area contributed by atoms with Gasteiger partial charge in [-0.1, -0.05) is 13.8 Å². The lowest BCUT2D eigenvalue weighted by atomic mass is 9.81. The maximum absolute atomic E-state index is 13.2. The molecule has 94 valence electrons. The van der Waals surface area contributed by atoms with Crippen molar-refractivity contribution in [3.63, 3.8) is 0 Å². The van der Waals surface area contributed by atoms with Gasteiger partial charge in [-0.3, -0.25) is 0 Å². The van der Waals surface area contributed by atoms with Crippen LogP contribution in [0.4, 0.5) is 8.78 Å². The minimum atomic E-state index is -0.497. The van der Waals surface area contributed by atoms with Gasteiger partial charge in [-0.2, -0.15) is 0 Å². The number of halogens is 2. The topological polar surface area (TPSA) is 12.0 Å². The molecule has 1 aromatic carbocycles. The van der Waals surface area contributed by atoms with Crippen molar-refractivity contribution >= 4 is 0 Å². The Morgan fingerprint density at radius 3 is 2.29 bits per heavy atom. The highest BCUT2D eigenvalue weighted by Crippen LogP contribution is 2.28. The second-order valence-corrected chi connectivity index (χ2v) is 5.52. The summed E-state index contributed by atoms with van der Waals surface area (Å²) in [6.45, 7) is 4.95. The normalized spacial score (nSPS) is 16.2. The van der Waals surface area contributed by atoms with Crippen LogP contribution >= 0.6 is 0 Å². The molecular formula is C14H19F2N. The highest BCUT2D eigenvalue weighted by molar-refractivity contribution is 5.25. The van der Waals surface area contributed by atoms with E-state index in [2.05, 4.69) is 5.32 Å². The van der Waals surface area contributed by atoms with Crippen molar-refractivity contribution in [2.24, 2.45) is 0 Å². The van der Waals surface area contributed by atoms with Gasteiger partial charge in [-0.25, -0.2) is 8.78 Å². The molecule has 0 aliphatic heterocycles. The summed E-state index contributed by atoms with van der Waals surface area (Å²) in [4.78, 5) is 0. The highest BCUT2D eigenvalue weighted by Gasteiger charge is 2.24. The molecule has 1 fully saturated rings. The molecule has 0 heterocycles. The molecule has 3 heteroatoms. The first-order valence-corrected chi connectivity index (χ1v) is 6.17. The van der Waals surface area contributed by atoms with Crippen molar-refractivity contribution in [3.05, 3.63) is 35.4 Å². The van der Waals surface area contributed by atoms with Gasteiger partial charge in [0, 0.05) is 12.1 Å². The molecule has 0 radical (unpaired) electrons. The van der Waals surface area contributed by atoms with Gasteiger partial charge in [0.1, 0.15) is 11.6 Å². The van der Waals surface area contributed by atoms with Gasteiger partial charge in [-0.15, -0.1) is 0 Å². The van der Waals surface area contributed by atoms with Gasteiger partial charge in [0.25, 0.3) is 0 Å². The lowest BCUT2D eigenvalue weighted by Crippen LogP contribution is -2.26. The Bertz CT molecular complexity index is 377. The molecule has 1 saturated carbocycles. The van der Waals surface area contributed by atoms with Crippen LogP contribution in [0.1, 0.15) is 38.7 Å². The molecule has 1 aliphatic rings. The third-order valence-electron chi connectivity index (χ3n) is 3.40. The summed E-state index contributed by atoms with van der Waals surface area (Å²) in [6.07, 6.45) is 3.40. The molecule has 1 aliphatic carbocycles. The Balaban J connectivity index is 2.00. The number of hydrogen-bond acceptors (Lipinski definition) is 1. The third kappa shape index (κ3) is 3.50. The molecule has 2 rings (SSSR count). The smallest absolute Gasteiger partial charge is 0.126 e. The third-order valence-corrected chi connectivity index (χ3v) is 3.40. The van der Waals surface area contributed by atoms with Gasteiger partial charge < -0.3 is 5.32 Å². The van der Waals surface area contributed by atoms with Crippen molar-refractivity contribution in [1.82, 2.24) is 5.32 Å². The molecule has 0 atom stereocenters. The lowest BCUT2D eigenvalue weighted by Gasteiger charge is -2.25. The van der Waals surface area contributed by atoms with Crippen LogP contribution in [0.25, 0.3) is 0 Å². The molecule has 1 nitrogen and oxygen atoms in total. The standard InChI is InChI=1S/C14H19F2N/c1-14(2,5-6-17-13-3-4-13)10-7-11(15)9-12(16)8-10/h7-9,13,17H,3-6H2,1-2H3. The Morgan fingerprint density at radius 2 is 1.76 bits per heavy atom. The molecule has 0 bridgehead atoms. The zero-order valence-electron chi connectivity index (χ0n) is 10.4. The SMILES string of the molecule is CC(C)(CCNC1CC1)c1cc(F)cc(F)c1. The second kappa shape index (κ2) is 4.73. The number of nitrogens with one attached hydrogen (secondary N) is 1. The zero-order valence-corrected chi connectivity index (χ0v) is 10.4. The van der Waals surface area contributed by atoms with Crippen LogP contribution in [0.5, 0.6) is 0 Å². The Labute approximate surface area is 101 Å². The van der Waals surface area contributed by atoms with E-state index < -0.39 is 11.6 Å². The molecule has 0 unspecified atom stereocenters. The summed E-state index contributed by atoms with van der Waals surface area (Å²) < 4.78 is 26.3. The van der Waals surface area contributed by atoms with Crippen molar-refractivity contribution in [3.8, 4) is 0 Å². The first-order chi connectivity index (χ1) is 7.97. The van der Waals surface area contributed by atoms with E-state index in [1.54, 1.807) is 0 Å². The summed E-state index contributed by atoms with van der Waals surface area (Å²) in [5, 5.41) is 3.42. The summed E-state index contributed by atoms with van der Waals surface area (Å²) in [6, 6.07) is 4.46. The number of hydrogen-bond donors (Lipinski definition) is 1. The van der Waals surface area contributed by atoms with Gasteiger partial charge in [-0.05, 0) is 48.9 Å². The van der Waals surface area contributed by atoms with Gasteiger partial charge in [0.15, 0.2) is 0 Å². The van der Waals surface area contributed by atoms with Gasteiger partial charge >= 0.3 is 0 Å². The summed E-state index contributed by atoms with van der Waals surface area (Å²) in [5.41, 5.74) is 0.526. The minimum absolute atomic E-state index is 0.204. The second-order valence-electron chi connectivity index (χ2n) is 5.52. The van der Waals surface area contributed by atoms with E-state index in [1.807, 2.05) is 13.8 Å². The summed E-state index contributed by atoms with van der Waals surface area (Å²) in [5.74, 6) is -0.994. The van der Waals surface area contributed by atoms with Crippen LogP contribution in [0.2, 0.25) is 0 Å². The first-order valence-electron chi connectivity index (χ1n) is 6.17. The summed E-state index contributed by atoms with van der Waals surface area (Å²) in [7, 11) is 0. The van der Waals surface area contributed by atoms with Crippen molar-refractivity contribution in [2.45, 2.75) is 44.6 Å². The van der Waals surface area contributed by atoms with Crippen molar-refractivity contribution in [1.29, 1.82) is 0 Å². The van der Waals surface area contributed by atoms with Crippen molar-refractivity contribution in [2.75, 3.05) is 6.54 Å². The minimum Gasteiger partial charge on any atom is -0.314 e. The molecule has 1 aromatic rings. The van der Waals surface area contributed by atoms with E-state index in [0.29, 0.717) is 6.04 Å². The summed E-state index contributed by atoms with van der Waals surface area (Å²) >= 11 is 0. The maximum atomic E-state index is 13.2. The predicted octanol–water partition coefficient (Wildman–Crippen LogP) is 3.38. The fraction of sp³-hybridized carbons (Fsp3) is 0.571. The molecular weight excluding hydrogens is 220 g/mol. The molecule has 1 N–H and O–H groups in total. The van der Waals surface area contributed by atoms with Crippen LogP contribution in [-0.4, -0.2) is 12.6 Å². The van der Waals surface area contributed by atoms with E-state index in [0.717, 1.165) is 24.6 Å². The molecule has 0 saturated heterocycles. The maximum Gasteiger partial charge on any atom is 0.126 e. The molecule has 0 amide bonds. The lowest BCUT2D eigenvalue weighted by molar-refractivity contribution is 0.449. The first kappa shape index (κ1) is 12.5. The Kier molecular flexibility index (Phi) is 3.48. The van der Waals surface area contributed by atoms with Crippen LogP contribution in [-0.2, 0) is 5.41 Å². The highest BCUT2D eigenvalue weighted by atomic mass is 19.1. The number of benzene rings is 1. The van der Waals surface area contributed by atoms with Gasteiger partial charge in [0.2, 0.25) is 0 Å². The van der Waals surface area contributed by atoms with E-state index in [9.17, 15) is 8.78 Å². The van der Waals surface area contributed by atoms with Crippen molar-refractivity contribution < 1.29 is 8.78 Å². The van der Waals surface area contributed by atoms with E-state index in [1.165, 1.54) is 25.0 Å². The fourth-order valence-corrected chi connectivity index (χ4v) is 1.97. The fourth-order valence-electron chi connectivity index (χ4n) is 1.97. The molecule has 17 heavy (non-hydrogen) atoms. The molecule has 0 spiro atoms. The van der Waals surface area contributed by atoms with Crippen LogP contribution in [0.15, 0.2) is 18.2 Å². The predicted molar refractivity (Wildman–Crippen MR) is 65.0 cm³/mol. The number of rotatable bonds is 5. The van der Waals surface area contributed by atoms with E-state index in [4.69, 9.17) is 0 Å². The average Bonchev–Trinajstić information content (AvgIpc) is 3.00. The van der Waals surface area contributed by atoms with Gasteiger partial charge in [0.05, 0.1) is 0 Å². The monoisotopic (exact) mass is 239 g/mol. The van der Waals surface area contributed by atoms with Crippen LogP contribution in [0, 0.1) is 11.6 Å². The quantitative estimate of drug-likeness (QED) is 0.830. The van der Waals surface area contributed by atoms with Crippen LogP contribution < -0.4 is 5.32 Å². The average molecular weight is 239 g/mol. The Morgan fingerprint density at radius 1 is 1.18 bits per heavy atom. The van der Waals surface area contributed by atoms with E-state index in [-0.39, 0.29) is 5.41 Å². The van der Waals surface area contributed by atoms with E-state index >= 15 is 0 Å². The molecule has 0 aromatic heterocycles. The largest absolute Gasteiger partial charge is 0.314 e. The zero-order chi connectivity index (χ0) is 12.5. The Hall–Kier alpha value is -0.960.